The molecule has 0 aromatic rings. The maximum atomic E-state index is 0. The molecule has 0 heterocycles. The van der Waals surface area contributed by atoms with Crippen molar-refractivity contribution in [2.24, 2.45) is 0 Å². The molecule has 0 rings (SSSR count). The number of hydrogen-bond donors (Lipinski definition) is 0. The SMILES string of the molecule is [AlH3].[B].[Ba+2].[Ca+2].[Fe].[H-].[H-].[H-].[H-].[SiH4]. The summed E-state index contributed by atoms with van der Waals surface area (Å²) in [4.78, 5) is 0. The van der Waals surface area contributed by atoms with E-state index in [0.717, 1.165) is 0 Å². The molecule has 0 N–H and O–H groups in total. The molecule has 0 fully saturated rings. The first kappa shape index (κ1) is 49.2. The predicted octanol–water partition coefficient (Wildman–Crippen LogP) is -3.33. The Morgan fingerprint density at radius 3 is 1.17 bits per heavy atom. The molecule has 6 heavy (non-hydrogen) atoms. The zero-order valence-electron chi connectivity index (χ0n) is 6.35. The molecule has 0 aliphatic carbocycles. The molecule has 0 aliphatic heterocycles. The molecule has 0 bridgehead atoms. The molecular formula is H11AlBBaCaFeSi. The minimum Gasteiger partial charge on any atom is -1.00 e. The zero-order valence-corrected chi connectivity index (χ0v) is 10.1. The predicted molar refractivity (Wildman–Crippen MR) is 43.0 cm³/mol. The van der Waals surface area contributed by atoms with Gasteiger partial charge in [-0.15, -0.1) is 0 Å². The van der Waals surface area contributed by atoms with Crippen molar-refractivity contribution in [2.75, 3.05) is 0 Å². The fraction of sp³-hybridized carbons (Fsp3) is 0. The van der Waals surface area contributed by atoms with E-state index in [9.17, 15) is 0 Å². The fourth-order valence-electron chi connectivity index (χ4n) is 0. The molecule has 0 aromatic heterocycles. The van der Waals surface area contributed by atoms with E-state index in [2.05, 4.69) is 0 Å². The van der Waals surface area contributed by atoms with Gasteiger partial charge in [-0.3, -0.25) is 0 Å². The van der Waals surface area contributed by atoms with Crippen molar-refractivity contribution >= 4 is 123 Å². The Bertz CT molecular complexity index is 25.2. The van der Waals surface area contributed by atoms with E-state index in [0.29, 0.717) is 0 Å². The Morgan fingerprint density at radius 2 is 1.17 bits per heavy atom. The van der Waals surface area contributed by atoms with Crippen LogP contribution < -0.4 is 0 Å². The Morgan fingerprint density at radius 1 is 1.17 bits per heavy atom. The molecule has 0 nitrogen and oxygen atoms in total. The standard InChI is InChI=1S/Al.B.Ba.Ca.Fe.H4Si.7H/h;;;;;1H4;;;;;;;/q;;2*+2;;;;;;4*-1. The fourth-order valence-corrected chi connectivity index (χ4v) is 0. The number of rotatable bonds is 0. The zero-order chi connectivity index (χ0) is 0. The van der Waals surface area contributed by atoms with Crippen molar-refractivity contribution in [3.63, 3.8) is 0 Å². The Balaban J connectivity index is 0. The summed E-state index contributed by atoms with van der Waals surface area (Å²) in [6.45, 7) is 0. The van der Waals surface area contributed by atoms with E-state index in [-0.39, 0.29) is 146 Å². The van der Waals surface area contributed by atoms with Crippen LogP contribution in [0, 0.1) is 0 Å². The molecule has 33 valence electrons. The second kappa shape index (κ2) is 35.2. The summed E-state index contributed by atoms with van der Waals surface area (Å²) in [7, 11) is 0. The van der Waals surface area contributed by atoms with Crippen LogP contribution in [-0.4, -0.2) is 123 Å². The van der Waals surface area contributed by atoms with Crippen molar-refractivity contribution in [2.45, 2.75) is 0 Å². The molecule has 0 atom stereocenters. The van der Waals surface area contributed by atoms with Crippen molar-refractivity contribution in [1.29, 1.82) is 0 Å². The number of hydrogen-bond acceptors (Lipinski definition) is 0. The first-order chi connectivity index (χ1) is 0. The molecule has 0 saturated heterocycles. The second-order valence-electron chi connectivity index (χ2n) is 0. The van der Waals surface area contributed by atoms with Crippen LogP contribution in [0.2, 0.25) is 0 Å². The van der Waals surface area contributed by atoms with Crippen molar-refractivity contribution in [3.05, 3.63) is 0 Å². The van der Waals surface area contributed by atoms with E-state index >= 15 is 0 Å². The van der Waals surface area contributed by atoms with E-state index in [1.54, 1.807) is 0 Å². The molecular weight excluding hydrogens is 299 g/mol. The summed E-state index contributed by atoms with van der Waals surface area (Å²) in [5.74, 6) is 0. The van der Waals surface area contributed by atoms with E-state index in [1.165, 1.54) is 0 Å². The van der Waals surface area contributed by atoms with Crippen LogP contribution >= 0.6 is 0 Å². The van der Waals surface area contributed by atoms with Gasteiger partial charge in [0.1, 0.15) is 0 Å². The molecule has 0 unspecified atom stereocenters. The Labute approximate surface area is 143 Å². The molecule has 0 amide bonds. The minimum atomic E-state index is 0. The van der Waals surface area contributed by atoms with Crippen LogP contribution in [0.3, 0.4) is 0 Å². The van der Waals surface area contributed by atoms with Gasteiger partial charge in [-0.25, -0.2) is 0 Å². The third kappa shape index (κ3) is 24.2. The van der Waals surface area contributed by atoms with Crippen molar-refractivity contribution < 1.29 is 22.8 Å². The first-order valence-corrected chi connectivity index (χ1v) is 0. The summed E-state index contributed by atoms with van der Waals surface area (Å²) >= 11 is 0. The average molecular weight is 310 g/mol. The van der Waals surface area contributed by atoms with Gasteiger partial charge >= 0.3 is 86.6 Å². The summed E-state index contributed by atoms with van der Waals surface area (Å²) in [5, 5.41) is 0. The van der Waals surface area contributed by atoms with E-state index in [4.69, 9.17) is 0 Å². The Hall–Kier alpha value is 4.16. The maximum absolute atomic E-state index is 0. The van der Waals surface area contributed by atoms with Gasteiger partial charge in [0.25, 0.3) is 0 Å². The molecule has 6 heteroatoms. The van der Waals surface area contributed by atoms with Gasteiger partial charge in [0.05, 0.1) is 0 Å². The van der Waals surface area contributed by atoms with Crippen LogP contribution in [-0.2, 0) is 17.1 Å². The Kier molecular flexibility index (Phi) is 289. The van der Waals surface area contributed by atoms with Crippen LogP contribution in [0.15, 0.2) is 0 Å². The quantitative estimate of drug-likeness (QED) is 0.411. The van der Waals surface area contributed by atoms with Gasteiger partial charge in [-0.1, -0.05) is 0 Å². The first-order valence-electron chi connectivity index (χ1n) is 0. The van der Waals surface area contributed by atoms with Crippen LogP contribution in [0.5, 0.6) is 0 Å². The second-order valence-corrected chi connectivity index (χ2v) is 0. The van der Waals surface area contributed by atoms with Gasteiger partial charge in [-0.05, 0) is 11.0 Å². The van der Waals surface area contributed by atoms with Gasteiger partial charge in [0.2, 0.25) is 0 Å². The maximum Gasteiger partial charge on any atom is 2.00 e. The van der Waals surface area contributed by atoms with Crippen LogP contribution in [0.4, 0.5) is 0 Å². The van der Waals surface area contributed by atoms with Crippen molar-refractivity contribution in [1.82, 2.24) is 0 Å². The minimum absolute atomic E-state index is 0. The summed E-state index contributed by atoms with van der Waals surface area (Å²) in [6, 6.07) is 0. The molecule has 3 radical (unpaired) electrons. The largest absolute Gasteiger partial charge is 2.00 e. The molecule has 0 spiro atoms. The van der Waals surface area contributed by atoms with Crippen molar-refractivity contribution in [3.8, 4) is 0 Å². The van der Waals surface area contributed by atoms with E-state index < -0.39 is 0 Å². The molecule has 0 saturated carbocycles. The van der Waals surface area contributed by atoms with Crippen LogP contribution in [0.25, 0.3) is 0 Å². The summed E-state index contributed by atoms with van der Waals surface area (Å²) < 4.78 is 0. The summed E-state index contributed by atoms with van der Waals surface area (Å²) in [6.07, 6.45) is 0. The van der Waals surface area contributed by atoms with Gasteiger partial charge in [-0.2, -0.15) is 0 Å². The third-order valence-electron chi connectivity index (χ3n) is 0. The van der Waals surface area contributed by atoms with Gasteiger partial charge < -0.3 is 5.71 Å². The normalized spacial score (nSPS) is 0. The van der Waals surface area contributed by atoms with Gasteiger partial charge in [0.15, 0.2) is 17.4 Å². The van der Waals surface area contributed by atoms with Crippen LogP contribution in [0.1, 0.15) is 5.71 Å². The summed E-state index contributed by atoms with van der Waals surface area (Å²) in [5.41, 5.74) is 0. The average Bonchev–Trinajstić information content (AvgIpc) is 0. The monoisotopic (exact) mass is 311 g/mol. The molecule has 0 aliphatic rings. The van der Waals surface area contributed by atoms with Gasteiger partial charge in [0, 0.05) is 25.5 Å². The topological polar surface area (TPSA) is 0 Å². The third-order valence-corrected chi connectivity index (χ3v) is 0. The smallest absolute Gasteiger partial charge is 1.00 e. The van der Waals surface area contributed by atoms with E-state index in [1.807, 2.05) is 0 Å². The molecule has 0 aromatic carbocycles.